The number of H-pyrrole nitrogens is 1. The van der Waals surface area contributed by atoms with Gasteiger partial charge in [0.25, 0.3) is 0 Å². The first-order chi connectivity index (χ1) is 8.63. The predicted octanol–water partition coefficient (Wildman–Crippen LogP) is 1.59. The number of carbonyl (C=O) groups excluding carboxylic acids is 1. The summed E-state index contributed by atoms with van der Waals surface area (Å²) in [6.45, 7) is 4.40. The van der Waals surface area contributed by atoms with Crippen molar-refractivity contribution in [2.75, 3.05) is 6.61 Å². The van der Waals surface area contributed by atoms with Gasteiger partial charge in [-0.25, -0.2) is 4.79 Å². The Morgan fingerprint density at radius 1 is 1.44 bits per heavy atom. The van der Waals surface area contributed by atoms with Gasteiger partial charge in [-0.05, 0) is 25.5 Å². The monoisotopic (exact) mass is 248 g/mol. The molecule has 5 nitrogen and oxygen atoms in total. The Hall–Kier alpha value is -2.04. The van der Waals surface area contributed by atoms with E-state index in [9.17, 15) is 9.59 Å². The van der Waals surface area contributed by atoms with E-state index in [0.29, 0.717) is 13.2 Å². The summed E-state index contributed by atoms with van der Waals surface area (Å²) in [5.41, 5.74) is 2.47. The summed E-state index contributed by atoms with van der Waals surface area (Å²) in [4.78, 5) is 25.9. The van der Waals surface area contributed by atoms with E-state index in [4.69, 9.17) is 4.74 Å². The van der Waals surface area contributed by atoms with E-state index in [1.807, 2.05) is 25.1 Å². The topological polar surface area (TPSA) is 64.1 Å². The number of hydrogen-bond acceptors (Lipinski definition) is 3. The predicted molar refractivity (Wildman–Crippen MR) is 68.5 cm³/mol. The first-order valence-electron chi connectivity index (χ1n) is 5.97. The van der Waals surface area contributed by atoms with Crippen LogP contribution in [0.2, 0.25) is 0 Å². The van der Waals surface area contributed by atoms with E-state index in [-0.39, 0.29) is 18.1 Å². The number of fused-ring (bicyclic) bond motifs is 1. The molecule has 1 aromatic carbocycles. The molecule has 0 spiro atoms. The maximum atomic E-state index is 11.8. The summed E-state index contributed by atoms with van der Waals surface area (Å²) in [6.07, 6.45) is 0.203. The maximum Gasteiger partial charge on any atom is 0.326 e. The first-order valence-corrected chi connectivity index (χ1v) is 5.97. The van der Waals surface area contributed by atoms with E-state index in [1.54, 1.807) is 11.5 Å². The Kier molecular flexibility index (Phi) is 3.50. The Balaban J connectivity index is 2.30. The third kappa shape index (κ3) is 2.30. The zero-order chi connectivity index (χ0) is 13.1. The highest BCUT2D eigenvalue weighted by Gasteiger charge is 2.10. The minimum absolute atomic E-state index is 0.191. The summed E-state index contributed by atoms with van der Waals surface area (Å²) >= 11 is 0. The molecule has 0 aliphatic rings. The number of benzene rings is 1. The van der Waals surface area contributed by atoms with Crippen LogP contribution >= 0.6 is 0 Å². The molecule has 0 aliphatic heterocycles. The normalized spacial score (nSPS) is 10.8. The van der Waals surface area contributed by atoms with Crippen LogP contribution in [0.25, 0.3) is 11.0 Å². The van der Waals surface area contributed by atoms with Crippen LogP contribution in [0, 0.1) is 6.92 Å². The molecule has 0 atom stereocenters. The average molecular weight is 248 g/mol. The summed E-state index contributed by atoms with van der Waals surface area (Å²) in [5, 5.41) is 0. The number of ether oxygens (including phenoxy) is 1. The van der Waals surface area contributed by atoms with Crippen LogP contribution in [-0.4, -0.2) is 22.1 Å². The van der Waals surface area contributed by atoms with Gasteiger partial charge in [0.2, 0.25) is 0 Å². The lowest BCUT2D eigenvalue weighted by atomic mass is 10.2. The van der Waals surface area contributed by atoms with Gasteiger partial charge in [-0.3, -0.25) is 9.36 Å². The van der Waals surface area contributed by atoms with Gasteiger partial charge in [-0.2, -0.15) is 0 Å². The number of imidazole rings is 1. The third-order valence-electron chi connectivity index (χ3n) is 2.84. The molecule has 0 bridgehead atoms. The van der Waals surface area contributed by atoms with Gasteiger partial charge in [0.1, 0.15) is 0 Å². The molecule has 0 saturated heterocycles. The molecule has 0 aliphatic carbocycles. The van der Waals surface area contributed by atoms with Crippen molar-refractivity contribution < 1.29 is 9.53 Å². The number of hydrogen-bond donors (Lipinski definition) is 1. The summed E-state index contributed by atoms with van der Waals surface area (Å²) < 4.78 is 6.44. The number of aryl methyl sites for hydroxylation is 2. The minimum atomic E-state index is -0.285. The van der Waals surface area contributed by atoms with Crippen molar-refractivity contribution in [3.63, 3.8) is 0 Å². The highest BCUT2D eigenvalue weighted by Crippen LogP contribution is 2.15. The van der Waals surface area contributed by atoms with Crippen molar-refractivity contribution in [2.45, 2.75) is 26.8 Å². The van der Waals surface area contributed by atoms with Gasteiger partial charge in [0.15, 0.2) is 0 Å². The lowest BCUT2D eigenvalue weighted by molar-refractivity contribution is -0.143. The smallest absolute Gasteiger partial charge is 0.326 e. The molecule has 1 aromatic heterocycles. The van der Waals surface area contributed by atoms with Crippen LogP contribution in [0.1, 0.15) is 18.9 Å². The lowest BCUT2D eigenvalue weighted by Gasteiger charge is -2.05. The van der Waals surface area contributed by atoms with Gasteiger partial charge in [0.05, 0.1) is 24.1 Å². The second-order valence-electron chi connectivity index (χ2n) is 4.11. The summed E-state index contributed by atoms with van der Waals surface area (Å²) in [5.74, 6) is -0.285. The number of esters is 1. The molecule has 0 saturated carbocycles. The fraction of sp³-hybridized carbons (Fsp3) is 0.385. The van der Waals surface area contributed by atoms with Crippen LogP contribution in [-0.2, 0) is 16.1 Å². The molecular formula is C13H16N2O3. The van der Waals surface area contributed by atoms with Crippen molar-refractivity contribution in [3.8, 4) is 0 Å². The van der Waals surface area contributed by atoms with E-state index in [0.717, 1.165) is 16.6 Å². The molecule has 0 radical (unpaired) electrons. The minimum Gasteiger partial charge on any atom is -0.466 e. The number of aromatic nitrogens is 2. The number of carbonyl (C=O) groups is 1. The number of aromatic amines is 1. The fourth-order valence-electron chi connectivity index (χ4n) is 2.05. The van der Waals surface area contributed by atoms with Crippen LogP contribution < -0.4 is 5.69 Å². The molecule has 0 unspecified atom stereocenters. The van der Waals surface area contributed by atoms with Crippen molar-refractivity contribution in [2.24, 2.45) is 0 Å². The second kappa shape index (κ2) is 5.08. The molecule has 5 heteroatoms. The Bertz CT molecular complexity index is 625. The second-order valence-corrected chi connectivity index (χ2v) is 4.11. The van der Waals surface area contributed by atoms with Crippen LogP contribution in [0.3, 0.4) is 0 Å². The van der Waals surface area contributed by atoms with Gasteiger partial charge in [0, 0.05) is 6.54 Å². The van der Waals surface area contributed by atoms with Crippen molar-refractivity contribution in [1.82, 2.24) is 9.55 Å². The highest BCUT2D eigenvalue weighted by molar-refractivity contribution is 5.79. The van der Waals surface area contributed by atoms with E-state index in [1.165, 1.54) is 0 Å². The number of para-hydroxylation sites is 1. The molecule has 1 heterocycles. The SMILES string of the molecule is CCOC(=O)CCn1c(=O)[nH]c2cccc(C)c21. The summed E-state index contributed by atoms with van der Waals surface area (Å²) in [6, 6.07) is 5.68. The Morgan fingerprint density at radius 2 is 2.22 bits per heavy atom. The quantitative estimate of drug-likeness (QED) is 0.836. The molecule has 0 fully saturated rings. The zero-order valence-corrected chi connectivity index (χ0v) is 10.5. The lowest BCUT2D eigenvalue weighted by Crippen LogP contribution is -2.19. The van der Waals surface area contributed by atoms with Gasteiger partial charge in [-0.1, -0.05) is 12.1 Å². The molecule has 2 rings (SSSR count). The largest absolute Gasteiger partial charge is 0.466 e. The van der Waals surface area contributed by atoms with Gasteiger partial charge in [-0.15, -0.1) is 0 Å². The van der Waals surface area contributed by atoms with Crippen molar-refractivity contribution >= 4 is 17.0 Å². The Morgan fingerprint density at radius 3 is 2.94 bits per heavy atom. The average Bonchev–Trinajstić information content (AvgIpc) is 2.64. The molecular weight excluding hydrogens is 232 g/mol. The molecule has 18 heavy (non-hydrogen) atoms. The van der Waals surface area contributed by atoms with E-state index >= 15 is 0 Å². The van der Waals surface area contributed by atoms with E-state index < -0.39 is 0 Å². The zero-order valence-electron chi connectivity index (χ0n) is 10.5. The molecule has 0 amide bonds. The van der Waals surface area contributed by atoms with Crippen molar-refractivity contribution in [3.05, 3.63) is 34.2 Å². The highest BCUT2D eigenvalue weighted by atomic mass is 16.5. The van der Waals surface area contributed by atoms with Crippen LogP contribution in [0.4, 0.5) is 0 Å². The van der Waals surface area contributed by atoms with Gasteiger partial charge < -0.3 is 9.72 Å². The van der Waals surface area contributed by atoms with E-state index in [2.05, 4.69) is 4.98 Å². The van der Waals surface area contributed by atoms with Crippen molar-refractivity contribution in [1.29, 1.82) is 0 Å². The summed E-state index contributed by atoms with van der Waals surface area (Å²) in [7, 11) is 0. The van der Waals surface area contributed by atoms with Crippen LogP contribution in [0.15, 0.2) is 23.0 Å². The molecule has 2 aromatic rings. The number of nitrogens with zero attached hydrogens (tertiary/aromatic N) is 1. The Labute approximate surface area is 104 Å². The third-order valence-corrected chi connectivity index (χ3v) is 2.84. The maximum absolute atomic E-state index is 11.8. The first kappa shape index (κ1) is 12.4. The van der Waals surface area contributed by atoms with Gasteiger partial charge >= 0.3 is 11.7 Å². The molecule has 1 N–H and O–H groups in total. The number of rotatable bonds is 4. The fourth-order valence-corrected chi connectivity index (χ4v) is 2.05. The molecule has 96 valence electrons. The number of nitrogens with one attached hydrogen (secondary N) is 1. The van der Waals surface area contributed by atoms with Crippen LogP contribution in [0.5, 0.6) is 0 Å². The standard InChI is InChI=1S/C13H16N2O3/c1-3-18-11(16)7-8-15-12-9(2)5-4-6-10(12)14-13(15)17/h4-6H,3,7-8H2,1-2H3,(H,14,17).